The maximum atomic E-state index is 2.51. The molecule has 0 bridgehead atoms. The Labute approximate surface area is 77.3 Å². The van der Waals surface area contributed by atoms with E-state index in [1.807, 2.05) is 0 Å². The van der Waals surface area contributed by atoms with Gasteiger partial charge in [0.25, 0.3) is 0 Å². The second kappa shape index (κ2) is 3.90. The molecule has 60 valence electrons. The second-order valence-corrected chi connectivity index (χ2v) is 4.32. The quantitative estimate of drug-likeness (QED) is 0.510. The number of likely N-dealkylation sites (tertiary alicyclic amines) is 1. The highest BCUT2D eigenvalue weighted by Gasteiger charge is 2.22. The predicted octanol–water partition coefficient (Wildman–Crippen LogP) is 2.01. The molecule has 0 aromatic heterocycles. The Morgan fingerprint density at radius 3 is 2.80 bits per heavy atom. The molecule has 1 nitrogen and oxygen atoms in total. The standard InChI is InChI=1S/C8H16IN/c1-7-6-10(2)4-3-8(7)5-9/h7-8H,3-6H2,1-2H3. The van der Waals surface area contributed by atoms with Gasteiger partial charge in [-0.05, 0) is 31.8 Å². The van der Waals surface area contributed by atoms with Gasteiger partial charge in [-0.25, -0.2) is 0 Å². The Balaban J connectivity index is 2.36. The summed E-state index contributed by atoms with van der Waals surface area (Å²) in [7, 11) is 2.22. The van der Waals surface area contributed by atoms with E-state index in [0.29, 0.717) is 0 Å². The van der Waals surface area contributed by atoms with Gasteiger partial charge in [-0.2, -0.15) is 0 Å². The van der Waals surface area contributed by atoms with E-state index < -0.39 is 0 Å². The number of nitrogens with zero attached hydrogens (tertiary/aromatic N) is 1. The zero-order valence-electron chi connectivity index (χ0n) is 6.81. The van der Waals surface area contributed by atoms with Crippen LogP contribution in [0.15, 0.2) is 0 Å². The molecule has 2 atom stereocenters. The molecule has 0 saturated carbocycles. The Kier molecular flexibility index (Phi) is 3.43. The van der Waals surface area contributed by atoms with Crippen molar-refractivity contribution in [2.75, 3.05) is 24.6 Å². The van der Waals surface area contributed by atoms with Crippen LogP contribution in [0.1, 0.15) is 13.3 Å². The van der Waals surface area contributed by atoms with Crippen LogP contribution in [0.2, 0.25) is 0 Å². The van der Waals surface area contributed by atoms with E-state index in [1.165, 1.54) is 23.9 Å². The van der Waals surface area contributed by atoms with Crippen LogP contribution in [0.4, 0.5) is 0 Å². The van der Waals surface area contributed by atoms with Crippen LogP contribution in [-0.2, 0) is 0 Å². The lowest BCUT2D eigenvalue weighted by Gasteiger charge is -2.33. The number of hydrogen-bond acceptors (Lipinski definition) is 1. The molecular formula is C8H16IN. The summed E-state index contributed by atoms with van der Waals surface area (Å²) < 4.78 is 1.34. The summed E-state index contributed by atoms with van der Waals surface area (Å²) in [5.74, 6) is 1.90. The zero-order chi connectivity index (χ0) is 7.56. The van der Waals surface area contributed by atoms with E-state index in [0.717, 1.165) is 11.8 Å². The average molecular weight is 253 g/mol. The van der Waals surface area contributed by atoms with Gasteiger partial charge in [0.1, 0.15) is 0 Å². The molecule has 2 heteroatoms. The second-order valence-electron chi connectivity index (χ2n) is 3.44. The minimum absolute atomic E-state index is 0.913. The molecule has 0 radical (unpaired) electrons. The van der Waals surface area contributed by atoms with Crippen molar-refractivity contribution in [3.8, 4) is 0 Å². The molecular weight excluding hydrogens is 237 g/mol. The van der Waals surface area contributed by atoms with Gasteiger partial charge in [-0.3, -0.25) is 0 Å². The maximum Gasteiger partial charge on any atom is 0.00271 e. The first kappa shape index (κ1) is 8.78. The molecule has 0 N–H and O–H groups in total. The minimum atomic E-state index is 0.913. The number of hydrogen-bond donors (Lipinski definition) is 0. The van der Waals surface area contributed by atoms with Crippen LogP contribution < -0.4 is 0 Å². The highest BCUT2D eigenvalue weighted by Crippen LogP contribution is 2.23. The lowest BCUT2D eigenvalue weighted by molar-refractivity contribution is 0.170. The van der Waals surface area contributed by atoms with Crippen LogP contribution in [-0.4, -0.2) is 29.5 Å². The van der Waals surface area contributed by atoms with Crippen molar-refractivity contribution in [2.45, 2.75) is 13.3 Å². The normalized spacial score (nSPS) is 36.3. The molecule has 0 spiro atoms. The van der Waals surface area contributed by atoms with E-state index >= 15 is 0 Å². The fourth-order valence-electron chi connectivity index (χ4n) is 1.63. The molecule has 1 fully saturated rings. The molecule has 1 rings (SSSR count). The van der Waals surface area contributed by atoms with Crippen LogP contribution >= 0.6 is 22.6 Å². The number of rotatable bonds is 1. The van der Waals surface area contributed by atoms with Crippen LogP contribution in [0.25, 0.3) is 0 Å². The number of alkyl halides is 1. The fourth-order valence-corrected chi connectivity index (χ4v) is 2.94. The minimum Gasteiger partial charge on any atom is -0.306 e. The monoisotopic (exact) mass is 253 g/mol. The zero-order valence-corrected chi connectivity index (χ0v) is 8.97. The van der Waals surface area contributed by atoms with Gasteiger partial charge in [0, 0.05) is 11.0 Å². The molecule has 2 unspecified atom stereocenters. The third-order valence-electron chi connectivity index (χ3n) is 2.48. The van der Waals surface area contributed by atoms with Gasteiger partial charge in [-0.1, -0.05) is 29.5 Å². The van der Waals surface area contributed by atoms with Gasteiger partial charge in [-0.15, -0.1) is 0 Å². The van der Waals surface area contributed by atoms with Gasteiger partial charge in [0.15, 0.2) is 0 Å². The van der Waals surface area contributed by atoms with Gasteiger partial charge >= 0.3 is 0 Å². The predicted molar refractivity (Wildman–Crippen MR) is 53.7 cm³/mol. The van der Waals surface area contributed by atoms with E-state index in [4.69, 9.17) is 0 Å². The molecule has 0 amide bonds. The van der Waals surface area contributed by atoms with Crippen molar-refractivity contribution in [1.29, 1.82) is 0 Å². The first-order valence-corrected chi connectivity index (χ1v) is 5.51. The lowest BCUT2D eigenvalue weighted by Crippen LogP contribution is -2.37. The van der Waals surface area contributed by atoms with Crippen molar-refractivity contribution in [1.82, 2.24) is 4.90 Å². The Bertz CT molecular complexity index is 105. The Morgan fingerprint density at radius 2 is 2.30 bits per heavy atom. The van der Waals surface area contributed by atoms with Crippen molar-refractivity contribution in [3.05, 3.63) is 0 Å². The molecule has 1 saturated heterocycles. The summed E-state index contributed by atoms with van der Waals surface area (Å²) in [4.78, 5) is 2.44. The summed E-state index contributed by atoms with van der Waals surface area (Å²) in [5, 5.41) is 0. The highest BCUT2D eigenvalue weighted by molar-refractivity contribution is 14.1. The SMILES string of the molecule is CC1CN(C)CCC1CI. The first-order valence-electron chi connectivity index (χ1n) is 3.98. The third-order valence-corrected chi connectivity index (χ3v) is 3.62. The highest BCUT2D eigenvalue weighted by atomic mass is 127. The molecule has 1 heterocycles. The lowest BCUT2D eigenvalue weighted by atomic mass is 9.89. The summed E-state index contributed by atoms with van der Waals surface area (Å²) in [6.07, 6.45) is 1.40. The van der Waals surface area contributed by atoms with Crippen molar-refractivity contribution in [2.24, 2.45) is 11.8 Å². The Morgan fingerprint density at radius 1 is 1.60 bits per heavy atom. The molecule has 1 aliphatic heterocycles. The molecule has 0 aliphatic carbocycles. The molecule has 0 aromatic rings. The van der Waals surface area contributed by atoms with E-state index in [9.17, 15) is 0 Å². The number of piperidine rings is 1. The van der Waals surface area contributed by atoms with Crippen molar-refractivity contribution in [3.63, 3.8) is 0 Å². The van der Waals surface area contributed by atoms with Crippen molar-refractivity contribution >= 4 is 22.6 Å². The van der Waals surface area contributed by atoms with Crippen LogP contribution in [0, 0.1) is 11.8 Å². The van der Waals surface area contributed by atoms with Gasteiger partial charge in [0.2, 0.25) is 0 Å². The largest absolute Gasteiger partial charge is 0.306 e. The average Bonchev–Trinajstić information content (AvgIpc) is 1.88. The summed E-state index contributed by atoms with van der Waals surface area (Å²) >= 11 is 2.51. The molecule has 0 aromatic carbocycles. The molecule has 10 heavy (non-hydrogen) atoms. The summed E-state index contributed by atoms with van der Waals surface area (Å²) in [6, 6.07) is 0. The van der Waals surface area contributed by atoms with E-state index in [2.05, 4.69) is 41.5 Å². The van der Waals surface area contributed by atoms with Gasteiger partial charge < -0.3 is 4.90 Å². The smallest absolute Gasteiger partial charge is 0.00271 e. The summed E-state index contributed by atoms with van der Waals surface area (Å²) in [5.41, 5.74) is 0. The van der Waals surface area contributed by atoms with Crippen LogP contribution in [0.3, 0.4) is 0 Å². The molecule has 1 aliphatic rings. The first-order chi connectivity index (χ1) is 4.74. The van der Waals surface area contributed by atoms with E-state index in [-0.39, 0.29) is 0 Å². The third kappa shape index (κ3) is 2.09. The maximum absolute atomic E-state index is 2.51. The fraction of sp³-hybridized carbons (Fsp3) is 1.00. The summed E-state index contributed by atoms with van der Waals surface area (Å²) in [6.45, 7) is 4.98. The van der Waals surface area contributed by atoms with Crippen LogP contribution in [0.5, 0.6) is 0 Å². The van der Waals surface area contributed by atoms with Crippen molar-refractivity contribution < 1.29 is 0 Å². The van der Waals surface area contributed by atoms with Gasteiger partial charge in [0.05, 0.1) is 0 Å². The topological polar surface area (TPSA) is 3.24 Å². The number of halogens is 1. The van der Waals surface area contributed by atoms with E-state index in [1.54, 1.807) is 0 Å². The Hall–Kier alpha value is 0.690.